The van der Waals surface area contributed by atoms with Crippen molar-refractivity contribution in [2.75, 3.05) is 6.54 Å². The van der Waals surface area contributed by atoms with Gasteiger partial charge in [0.2, 0.25) is 0 Å². The van der Waals surface area contributed by atoms with Crippen molar-refractivity contribution >= 4 is 5.91 Å². The van der Waals surface area contributed by atoms with E-state index >= 15 is 0 Å². The molecule has 1 aromatic carbocycles. The summed E-state index contributed by atoms with van der Waals surface area (Å²) in [6.07, 6.45) is 7.69. The molecule has 0 aliphatic heterocycles. The van der Waals surface area contributed by atoms with Crippen LogP contribution < -0.4 is 5.32 Å². The van der Waals surface area contributed by atoms with Gasteiger partial charge in [-0.05, 0) is 43.0 Å². The monoisotopic (exact) mass is 249 g/mol. The van der Waals surface area contributed by atoms with Gasteiger partial charge in [0.05, 0.1) is 0 Å². The Balaban J connectivity index is 1.66. The molecular formula is C15H20FNO. The highest BCUT2D eigenvalue weighted by Crippen LogP contribution is 2.28. The van der Waals surface area contributed by atoms with Gasteiger partial charge in [0.15, 0.2) is 0 Å². The smallest absolute Gasteiger partial charge is 0.251 e. The molecule has 0 saturated heterocycles. The summed E-state index contributed by atoms with van der Waals surface area (Å²) < 4.78 is 12.7. The van der Waals surface area contributed by atoms with Crippen LogP contribution in [0.4, 0.5) is 4.39 Å². The molecule has 1 aliphatic carbocycles. The molecule has 98 valence electrons. The highest BCUT2D eigenvalue weighted by molar-refractivity contribution is 5.94. The average Bonchev–Trinajstić information content (AvgIpc) is 2.88. The molecule has 3 heteroatoms. The lowest BCUT2D eigenvalue weighted by atomic mass is 10.0. The zero-order valence-corrected chi connectivity index (χ0v) is 10.6. The largest absolute Gasteiger partial charge is 0.352 e. The first-order valence-electron chi connectivity index (χ1n) is 6.79. The van der Waals surface area contributed by atoms with Gasteiger partial charge in [-0.3, -0.25) is 4.79 Å². The van der Waals surface area contributed by atoms with Crippen molar-refractivity contribution in [3.63, 3.8) is 0 Å². The van der Waals surface area contributed by atoms with E-state index < -0.39 is 0 Å². The van der Waals surface area contributed by atoms with Crippen molar-refractivity contribution in [2.45, 2.75) is 38.5 Å². The van der Waals surface area contributed by atoms with Crippen molar-refractivity contribution in [1.82, 2.24) is 5.32 Å². The number of rotatable bonds is 5. The molecule has 0 unspecified atom stereocenters. The Labute approximate surface area is 108 Å². The van der Waals surface area contributed by atoms with E-state index in [4.69, 9.17) is 0 Å². The number of halogens is 1. The van der Waals surface area contributed by atoms with E-state index in [1.165, 1.54) is 56.4 Å². The summed E-state index contributed by atoms with van der Waals surface area (Å²) in [7, 11) is 0. The maximum Gasteiger partial charge on any atom is 0.251 e. The van der Waals surface area contributed by atoms with E-state index in [1.807, 2.05) is 0 Å². The van der Waals surface area contributed by atoms with Crippen LogP contribution in [0.5, 0.6) is 0 Å². The Morgan fingerprint density at radius 3 is 2.56 bits per heavy atom. The first kappa shape index (κ1) is 13.1. The van der Waals surface area contributed by atoms with Crippen LogP contribution in [0.1, 0.15) is 48.9 Å². The van der Waals surface area contributed by atoms with Crippen molar-refractivity contribution in [3.8, 4) is 0 Å². The topological polar surface area (TPSA) is 29.1 Å². The van der Waals surface area contributed by atoms with Gasteiger partial charge in [-0.25, -0.2) is 4.39 Å². The minimum Gasteiger partial charge on any atom is -0.352 e. The highest BCUT2D eigenvalue weighted by Gasteiger charge is 2.14. The Morgan fingerprint density at radius 1 is 1.22 bits per heavy atom. The van der Waals surface area contributed by atoms with Crippen LogP contribution in [-0.4, -0.2) is 12.5 Å². The van der Waals surface area contributed by atoms with Gasteiger partial charge < -0.3 is 5.32 Å². The third-order valence-electron chi connectivity index (χ3n) is 3.66. The van der Waals surface area contributed by atoms with E-state index in [1.54, 1.807) is 0 Å². The van der Waals surface area contributed by atoms with Gasteiger partial charge in [0.25, 0.3) is 5.91 Å². The van der Waals surface area contributed by atoms with Crippen LogP contribution in [0.3, 0.4) is 0 Å². The summed E-state index contributed by atoms with van der Waals surface area (Å²) in [5.41, 5.74) is 0.525. The van der Waals surface area contributed by atoms with Crippen molar-refractivity contribution in [3.05, 3.63) is 35.6 Å². The Kier molecular flexibility index (Phi) is 4.73. The number of nitrogens with one attached hydrogen (secondary N) is 1. The number of carbonyl (C=O) groups is 1. The highest BCUT2D eigenvalue weighted by atomic mass is 19.1. The standard InChI is InChI=1S/C15H20FNO/c16-14-9-7-13(8-10-14)15(18)17-11-3-6-12-4-1-2-5-12/h7-10,12H,1-6,11H2,(H,17,18). The molecule has 0 atom stereocenters. The van der Waals surface area contributed by atoms with Gasteiger partial charge in [0, 0.05) is 12.1 Å². The molecule has 1 saturated carbocycles. The molecule has 0 spiro atoms. The van der Waals surface area contributed by atoms with E-state index in [-0.39, 0.29) is 11.7 Å². The lowest BCUT2D eigenvalue weighted by molar-refractivity contribution is 0.0952. The maximum absolute atomic E-state index is 12.7. The lowest BCUT2D eigenvalue weighted by Crippen LogP contribution is -2.24. The zero-order chi connectivity index (χ0) is 12.8. The molecule has 0 radical (unpaired) electrons. The quantitative estimate of drug-likeness (QED) is 0.795. The van der Waals surface area contributed by atoms with Crippen LogP contribution in [0, 0.1) is 11.7 Å². The second-order valence-corrected chi connectivity index (χ2v) is 5.06. The minimum atomic E-state index is -0.312. The fourth-order valence-electron chi connectivity index (χ4n) is 2.60. The summed E-state index contributed by atoms with van der Waals surface area (Å²) in [6, 6.07) is 5.66. The van der Waals surface area contributed by atoms with E-state index in [2.05, 4.69) is 5.32 Å². The Morgan fingerprint density at radius 2 is 1.89 bits per heavy atom. The predicted molar refractivity (Wildman–Crippen MR) is 69.9 cm³/mol. The third kappa shape index (κ3) is 3.83. The zero-order valence-electron chi connectivity index (χ0n) is 10.6. The molecule has 1 fully saturated rings. The maximum atomic E-state index is 12.7. The van der Waals surface area contributed by atoms with E-state index in [0.29, 0.717) is 12.1 Å². The van der Waals surface area contributed by atoms with Gasteiger partial charge in [0.1, 0.15) is 5.82 Å². The number of benzene rings is 1. The molecule has 18 heavy (non-hydrogen) atoms. The molecule has 1 aromatic rings. The van der Waals surface area contributed by atoms with Crippen LogP contribution >= 0.6 is 0 Å². The first-order valence-corrected chi connectivity index (χ1v) is 6.79. The second-order valence-electron chi connectivity index (χ2n) is 5.06. The Hall–Kier alpha value is -1.38. The summed E-state index contributed by atoms with van der Waals surface area (Å²) in [5, 5.41) is 2.88. The Bertz CT molecular complexity index is 382. The van der Waals surface area contributed by atoms with Crippen LogP contribution in [0.2, 0.25) is 0 Å². The normalized spacial score (nSPS) is 15.8. The number of hydrogen-bond acceptors (Lipinski definition) is 1. The second kappa shape index (κ2) is 6.53. The van der Waals surface area contributed by atoms with Crippen molar-refractivity contribution in [1.29, 1.82) is 0 Å². The molecule has 1 N–H and O–H groups in total. The van der Waals surface area contributed by atoms with Gasteiger partial charge in [-0.2, -0.15) is 0 Å². The lowest BCUT2D eigenvalue weighted by Gasteiger charge is -2.09. The van der Waals surface area contributed by atoms with Crippen LogP contribution in [0.15, 0.2) is 24.3 Å². The van der Waals surface area contributed by atoms with Gasteiger partial charge in [-0.15, -0.1) is 0 Å². The van der Waals surface area contributed by atoms with Crippen molar-refractivity contribution < 1.29 is 9.18 Å². The summed E-state index contributed by atoms with van der Waals surface area (Å²) >= 11 is 0. The van der Waals surface area contributed by atoms with E-state index in [0.717, 1.165) is 12.3 Å². The third-order valence-corrected chi connectivity index (χ3v) is 3.66. The fraction of sp³-hybridized carbons (Fsp3) is 0.533. The molecular weight excluding hydrogens is 229 g/mol. The molecule has 0 aromatic heterocycles. The fourth-order valence-corrected chi connectivity index (χ4v) is 2.60. The van der Waals surface area contributed by atoms with E-state index in [9.17, 15) is 9.18 Å². The molecule has 2 rings (SSSR count). The van der Waals surface area contributed by atoms with Crippen LogP contribution in [-0.2, 0) is 0 Å². The van der Waals surface area contributed by atoms with Crippen molar-refractivity contribution in [2.24, 2.45) is 5.92 Å². The van der Waals surface area contributed by atoms with Gasteiger partial charge >= 0.3 is 0 Å². The van der Waals surface area contributed by atoms with Crippen LogP contribution in [0.25, 0.3) is 0 Å². The number of carbonyl (C=O) groups excluding carboxylic acids is 1. The molecule has 2 nitrogen and oxygen atoms in total. The molecule has 1 aliphatic rings. The van der Waals surface area contributed by atoms with Gasteiger partial charge in [-0.1, -0.05) is 25.7 Å². The summed E-state index contributed by atoms with van der Waals surface area (Å²) in [5.74, 6) is 0.446. The number of hydrogen-bond donors (Lipinski definition) is 1. The molecule has 1 amide bonds. The summed E-state index contributed by atoms with van der Waals surface area (Å²) in [6.45, 7) is 0.715. The summed E-state index contributed by atoms with van der Waals surface area (Å²) in [4.78, 5) is 11.7. The SMILES string of the molecule is O=C(NCCCC1CCCC1)c1ccc(F)cc1. The average molecular weight is 249 g/mol. The predicted octanol–water partition coefficient (Wildman–Crippen LogP) is 3.53. The minimum absolute atomic E-state index is 0.110. The number of amides is 1. The molecule has 0 heterocycles. The first-order chi connectivity index (χ1) is 8.75. The molecule has 0 bridgehead atoms.